The predicted octanol–water partition coefficient (Wildman–Crippen LogP) is 0.157. The van der Waals surface area contributed by atoms with E-state index in [1.54, 1.807) is 18.2 Å². The summed E-state index contributed by atoms with van der Waals surface area (Å²) in [4.78, 5) is 34.8. The summed E-state index contributed by atoms with van der Waals surface area (Å²) in [6.45, 7) is 0.632. The third-order valence-corrected chi connectivity index (χ3v) is 3.50. The molecule has 0 bridgehead atoms. The van der Waals surface area contributed by atoms with Crippen molar-refractivity contribution in [3.8, 4) is 5.75 Å². The number of imide groups is 1. The van der Waals surface area contributed by atoms with Gasteiger partial charge in [-0.25, -0.2) is 0 Å². The van der Waals surface area contributed by atoms with Crippen LogP contribution in [0.2, 0.25) is 0 Å². The van der Waals surface area contributed by atoms with Crippen molar-refractivity contribution in [1.82, 2.24) is 10.6 Å². The van der Waals surface area contributed by atoms with Crippen LogP contribution >= 0.6 is 0 Å². The molecule has 2 aliphatic heterocycles. The van der Waals surface area contributed by atoms with Gasteiger partial charge >= 0.3 is 0 Å². The van der Waals surface area contributed by atoms with Crippen LogP contribution in [0.3, 0.4) is 0 Å². The summed E-state index contributed by atoms with van der Waals surface area (Å²) in [5.41, 5.74) is 1.50. The summed E-state index contributed by atoms with van der Waals surface area (Å²) < 4.78 is 5.38. The smallest absolute Gasteiger partial charge is 0.251 e. The average Bonchev–Trinajstić information content (AvgIpc) is 2.89. The molecule has 1 fully saturated rings. The first-order valence-electron chi connectivity index (χ1n) is 6.54. The SMILES string of the molecule is O=C1CCC(NC(=O)c2ccc3c(c2)CCO3)C(=O)N1. The van der Waals surface area contributed by atoms with Crippen molar-refractivity contribution < 1.29 is 19.1 Å². The monoisotopic (exact) mass is 274 g/mol. The second-order valence-corrected chi connectivity index (χ2v) is 4.90. The molecule has 0 spiro atoms. The first-order valence-corrected chi connectivity index (χ1v) is 6.54. The van der Waals surface area contributed by atoms with E-state index in [-0.39, 0.29) is 18.2 Å². The number of benzene rings is 1. The summed E-state index contributed by atoms with van der Waals surface area (Å²) in [5, 5.41) is 4.87. The van der Waals surface area contributed by atoms with E-state index in [2.05, 4.69) is 10.6 Å². The van der Waals surface area contributed by atoms with Crippen LogP contribution in [-0.2, 0) is 16.0 Å². The molecule has 0 aromatic heterocycles. The highest BCUT2D eigenvalue weighted by Gasteiger charge is 2.28. The first-order chi connectivity index (χ1) is 9.63. The van der Waals surface area contributed by atoms with Gasteiger partial charge in [-0.2, -0.15) is 0 Å². The van der Waals surface area contributed by atoms with Gasteiger partial charge in [-0.05, 0) is 30.2 Å². The lowest BCUT2D eigenvalue weighted by Gasteiger charge is -2.21. The molecule has 1 aromatic carbocycles. The van der Waals surface area contributed by atoms with Crippen molar-refractivity contribution >= 4 is 17.7 Å². The van der Waals surface area contributed by atoms with Gasteiger partial charge < -0.3 is 10.1 Å². The third-order valence-electron chi connectivity index (χ3n) is 3.50. The van der Waals surface area contributed by atoms with Crippen molar-refractivity contribution in [3.63, 3.8) is 0 Å². The zero-order valence-corrected chi connectivity index (χ0v) is 10.8. The number of amides is 3. The third kappa shape index (κ3) is 2.36. The van der Waals surface area contributed by atoms with Gasteiger partial charge in [0.05, 0.1) is 6.61 Å². The molecule has 3 amide bonds. The van der Waals surface area contributed by atoms with Crippen molar-refractivity contribution in [3.05, 3.63) is 29.3 Å². The number of fused-ring (bicyclic) bond motifs is 1. The van der Waals surface area contributed by atoms with Crippen LogP contribution in [0.1, 0.15) is 28.8 Å². The summed E-state index contributed by atoms with van der Waals surface area (Å²) in [7, 11) is 0. The van der Waals surface area contributed by atoms with Crippen LogP contribution in [0.5, 0.6) is 5.75 Å². The Morgan fingerprint density at radius 3 is 2.95 bits per heavy atom. The summed E-state index contributed by atoms with van der Waals surface area (Å²) >= 11 is 0. The normalized spacial score (nSPS) is 20.9. The molecule has 1 saturated heterocycles. The van der Waals surface area contributed by atoms with E-state index >= 15 is 0 Å². The van der Waals surface area contributed by atoms with E-state index in [0.717, 1.165) is 17.7 Å². The van der Waals surface area contributed by atoms with Gasteiger partial charge in [0.2, 0.25) is 11.8 Å². The zero-order valence-electron chi connectivity index (χ0n) is 10.8. The number of hydrogen-bond acceptors (Lipinski definition) is 4. The fourth-order valence-corrected chi connectivity index (χ4v) is 2.40. The lowest BCUT2D eigenvalue weighted by atomic mass is 10.0. The van der Waals surface area contributed by atoms with Gasteiger partial charge in [0.15, 0.2) is 0 Å². The zero-order chi connectivity index (χ0) is 14.1. The van der Waals surface area contributed by atoms with Gasteiger partial charge in [0.1, 0.15) is 11.8 Å². The molecule has 6 nitrogen and oxygen atoms in total. The van der Waals surface area contributed by atoms with Gasteiger partial charge in [-0.1, -0.05) is 0 Å². The highest BCUT2D eigenvalue weighted by Crippen LogP contribution is 2.25. The molecule has 20 heavy (non-hydrogen) atoms. The predicted molar refractivity (Wildman–Crippen MR) is 69.3 cm³/mol. The molecule has 6 heteroatoms. The van der Waals surface area contributed by atoms with Crippen molar-refractivity contribution in [1.29, 1.82) is 0 Å². The minimum absolute atomic E-state index is 0.245. The highest BCUT2D eigenvalue weighted by atomic mass is 16.5. The Hall–Kier alpha value is -2.37. The maximum atomic E-state index is 12.1. The van der Waals surface area contributed by atoms with Gasteiger partial charge in [-0.15, -0.1) is 0 Å². The average molecular weight is 274 g/mol. The number of carbonyl (C=O) groups is 3. The number of carbonyl (C=O) groups excluding carboxylic acids is 3. The Kier molecular flexibility index (Phi) is 3.14. The molecule has 104 valence electrons. The maximum absolute atomic E-state index is 12.1. The molecule has 0 radical (unpaired) electrons. The number of nitrogens with one attached hydrogen (secondary N) is 2. The van der Waals surface area contributed by atoms with Crippen LogP contribution in [0, 0.1) is 0 Å². The molecule has 0 aliphatic carbocycles. The molecule has 2 aliphatic rings. The second kappa shape index (κ2) is 4.96. The quantitative estimate of drug-likeness (QED) is 0.752. The van der Waals surface area contributed by atoms with Gasteiger partial charge in [-0.3, -0.25) is 19.7 Å². The summed E-state index contributed by atoms with van der Waals surface area (Å²) in [6, 6.07) is 4.57. The Morgan fingerprint density at radius 2 is 2.15 bits per heavy atom. The standard InChI is InChI=1S/C14H14N2O4/c17-12-4-2-10(14(19)16-12)15-13(18)9-1-3-11-8(7-9)5-6-20-11/h1,3,7,10H,2,4-6H2,(H,15,18)(H,16,17,19). The van der Waals surface area contributed by atoms with Gasteiger partial charge in [0.25, 0.3) is 5.91 Å². The van der Waals surface area contributed by atoms with E-state index in [1.165, 1.54) is 0 Å². The molecule has 1 aromatic rings. The molecule has 2 N–H and O–H groups in total. The number of hydrogen-bond donors (Lipinski definition) is 2. The highest BCUT2D eigenvalue weighted by molar-refractivity contribution is 6.03. The van der Waals surface area contributed by atoms with E-state index in [9.17, 15) is 14.4 Å². The Labute approximate surface area is 115 Å². The van der Waals surface area contributed by atoms with Crippen LogP contribution in [0.4, 0.5) is 0 Å². The van der Waals surface area contributed by atoms with E-state index in [0.29, 0.717) is 18.6 Å². The first kappa shape index (κ1) is 12.7. The fraction of sp³-hybridized carbons (Fsp3) is 0.357. The minimum atomic E-state index is -0.648. The molecule has 2 heterocycles. The molecular formula is C14H14N2O4. The molecular weight excluding hydrogens is 260 g/mol. The van der Waals surface area contributed by atoms with Crippen molar-refractivity contribution in [2.75, 3.05) is 6.61 Å². The maximum Gasteiger partial charge on any atom is 0.251 e. The van der Waals surface area contributed by atoms with Crippen LogP contribution in [0.25, 0.3) is 0 Å². The number of piperidine rings is 1. The topological polar surface area (TPSA) is 84.5 Å². The molecule has 0 saturated carbocycles. The Bertz CT molecular complexity index is 597. The Morgan fingerprint density at radius 1 is 1.30 bits per heavy atom. The fourth-order valence-electron chi connectivity index (χ4n) is 2.40. The van der Waals surface area contributed by atoms with Gasteiger partial charge in [0, 0.05) is 18.4 Å². The summed E-state index contributed by atoms with van der Waals surface area (Å²) in [6.07, 6.45) is 1.37. The van der Waals surface area contributed by atoms with Crippen molar-refractivity contribution in [2.45, 2.75) is 25.3 Å². The summed E-state index contributed by atoms with van der Waals surface area (Å²) in [5.74, 6) is -0.244. The van der Waals surface area contributed by atoms with Crippen LogP contribution in [0.15, 0.2) is 18.2 Å². The van der Waals surface area contributed by atoms with E-state index in [4.69, 9.17) is 4.74 Å². The molecule has 1 unspecified atom stereocenters. The van der Waals surface area contributed by atoms with E-state index in [1.807, 2.05) is 0 Å². The van der Waals surface area contributed by atoms with Crippen molar-refractivity contribution in [2.24, 2.45) is 0 Å². The van der Waals surface area contributed by atoms with E-state index < -0.39 is 11.9 Å². The largest absolute Gasteiger partial charge is 0.493 e. The number of rotatable bonds is 2. The Balaban J connectivity index is 1.70. The molecule has 1 atom stereocenters. The molecule has 3 rings (SSSR count). The van der Waals surface area contributed by atoms with Crippen LogP contribution < -0.4 is 15.4 Å². The lowest BCUT2D eigenvalue weighted by Crippen LogP contribution is -2.52. The second-order valence-electron chi connectivity index (χ2n) is 4.90. The minimum Gasteiger partial charge on any atom is -0.493 e. The number of ether oxygens (including phenoxy) is 1. The lowest BCUT2D eigenvalue weighted by molar-refractivity contribution is -0.134. The van der Waals surface area contributed by atoms with Crippen LogP contribution in [-0.4, -0.2) is 30.4 Å².